The van der Waals surface area contributed by atoms with E-state index in [1.54, 1.807) is 36.2 Å². The standard InChI is InChI=1S/C15H17N3O2/c1-18-9-3-2-4-13(15(18)20)17-14(19)12-7-5-11(10-16)6-8-12/h5-8,13H,2-4,9H2,1H3,(H,17,19). The van der Waals surface area contributed by atoms with Gasteiger partial charge in [-0.15, -0.1) is 0 Å². The van der Waals surface area contributed by atoms with Crippen LogP contribution in [0, 0.1) is 11.3 Å². The average Bonchev–Trinajstić information content (AvgIpc) is 2.63. The van der Waals surface area contributed by atoms with Crippen LogP contribution in [0.2, 0.25) is 0 Å². The van der Waals surface area contributed by atoms with Gasteiger partial charge in [0.1, 0.15) is 6.04 Å². The van der Waals surface area contributed by atoms with E-state index >= 15 is 0 Å². The van der Waals surface area contributed by atoms with Gasteiger partial charge in [0.2, 0.25) is 5.91 Å². The van der Waals surface area contributed by atoms with Gasteiger partial charge < -0.3 is 10.2 Å². The summed E-state index contributed by atoms with van der Waals surface area (Å²) in [7, 11) is 1.76. The van der Waals surface area contributed by atoms with E-state index in [0.717, 1.165) is 19.4 Å². The number of carbonyl (C=O) groups is 2. The summed E-state index contributed by atoms with van der Waals surface area (Å²) in [5.74, 6) is -0.312. The Kier molecular flexibility index (Phi) is 4.36. The highest BCUT2D eigenvalue weighted by Crippen LogP contribution is 2.12. The third kappa shape index (κ3) is 3.15. The van der Waals surface area contributed by atoms with Crippen LogP contribution in [0.25, 0.3) is 0 Å². The third-order valence-electron chi connectivity index (χ3n) is 3.49. The summed E-state index contributed by atoms with van der Waals surface area (Å²) in [6.07, 6.45) is 2.56. The molecule has 1 aliphatic heterocycles. The van der Waals surface area contributed by atoms with E-state index in [1.165, 1.54) is 0 Å². The highest BCUT2D eigenvalue weighted by molar-refractivity contribution is 5.97. The third-order valence-corrected chi connectivity index (χ3v) is 3.49. The van der Waals surface area contributed by atoms with Crippen LogP contribution in [0.1, 0.15) is 35.2 Å². The van der Waals surface area contributed by atoms with Crippen LogP contribution in [0.5, 0.6) is 0 Å². The fourth-order valence-corrected chi connectivity index (χ4v) is 2.27. The van der Waals surface area contributed by atoms with Crippen molar-refractivity contribution in [3.8, 4) is 6.07 Å². The Morgan fingerprint density at radius 1 is 1.35 bits per heavy atom. The largest absolute Gasteiger partial charge is 0.344 e. The van der Waals surface area contributed by atoms with Gasteiger partial charge in [-0.2, -0.15) is 5.26 Å². The first kappa shape index (κ1) is 14.1. The van der Waals surface area contributed by atoms with E-state index in [1.807, 2.05) is 6.07 Å². The van der Waals surface area contributed by atoms with E-state index in [4.69, 9.17) is 5.26 Å². The van der Waals surface area contributed by atoms with Crippen LogP contribution in [-0.2, 0) is 4.79 Å². The average molecular weight is 271 g/mol. The maximum atomic E-state index is 12.1. The molecule has 1 N–H and O–H groups in total. The summed E-state index contributed by atoms with van der Waals surface area (Å²) in [4.78, 5) is 25.9. The molecule has 1 saturated heterocycles. The molecule has 1 fully saturated rings. The number of amides is 2. The Morgan fingerprint density at radius 2 is 2.05 bits per heavy atom. The molecule has 0 radical (unpaired) electrons. The predicted octanol–water partition coefficient (Wildman–Crippen LogP) is 1.30. The lowest BCUT2D eigenvalue weighted by Gasteiger charge is -2.20. The monoisotopic (exact) mass is 271 g/mol. The molecule has 1 heterocycles. The number of nitrogens with one attached hydrogen (secondary N) is 1. The summed E-state index contributed by atoms with van der Waals surface area (Å²) in [6.45, 7) is 0.738. The summed E-state index contributed by atoms with van der Waals surface area (Å²) in [6, 6.07) is 7.93. The summed E-state index contributed by atoms with van der Waals surface area (Å²) in [5, 5.41) is 11.5. The van der Waals surface area contributed by atoms with Crippen LogP contribution >= 0.6 is 0 Å². The number of benzene rings is 1. The van der Waals surface area contributed by atoms with Crippen molar-refractivity contribution in [3.05, 3.63) is 35.4 Å². The molecule has 0 saturated carbocycles. The number of nitriles is 1. The molecular weight excluding hydrogens is 254 g/mol. The Morgan fingerprint density at radius 3 is 2.70 bits per heavy atom. The van der Waals surface area contributed by atoms with E-state index in [-0.39, 0.29) is 11.8 Å². The highest BCUT2D eigenvalue weighted by atomic mass is 16.2. The quantitative estimate of drug-likeness (QED) is 0.881. The lowest BCUT2D eigenvalue weighted by atomic mass is 10.1. The zero-order chi connectivity index (χ0) is 14.5. The van der Waals surface area contributed by atoms with Crippen LogP contribution in [0.15, 0.2) is 24.3 Å². The first-order valence-electron chi connectivity index (χ1n) is 6.68. The Bertz CT molecular complexity index is 545. The highest BCUT2D eigenvalue weighted by Gasteiger charge is 2.26. The normalized spacial score (nSPS) is 19.1. The molecule has 104 valence electrons. The maximum Gasteiger partial charge on any atom is 0.251 e. The van der Waals surface area contributed by atoms with Crippen LogP contribution in [0.4, 0.5) is 0 Å². The van der Waals surface area contributed by atoms with Crippen LogP contribution in [0.3, 0.4) is 0 Å². The van der Waals surface area contributed by atoms with E-state index in [2.05, 4.69) is 5.32 Å². The fraction of sp³-hybridized carbons (Fsp3) is 0.400. The van der Waals surface area contributed by atoms with Gasteiger partial charge in [0.25, 0.3) is 5.91 Å². The van der Waals surface area contributed by atoms with Crippen LogP contribution in [-0.4, -0.2) is 36.3 Å². The number of hydrogen-bond donors (Lipinski definition) is 1. The molecule has 2 amide bonds. The lowest BCUT2D eigenvalue weighted by Crippen LogP contribution is -2.46. The van der Waals surface area contributed by atoms with Gasteiger partial charge in [-0.1, -0.05) is 0 Å². The van der Waals surface area contributed by atoms with Crippen molar-refractivity contribution >= 4 is 11.8 Å². The molecule has 1 unspecified atom stereocenters. The lowest BCUT2D eigenvalue weighted by molar-refractivity contribution is -0.131. The van der Waals surface area contributed by atoms with Gasteiger partial charge in [0, 0.05) is 19.2 Å². The molecule has 5 heteroatoms. The van der Waals surface area contributed by atoms with E-state index in [0.29, 0.717) is 17.5 Å². The van der Waals surface area contributed by atoms with Gasteiger partial charge in [-0.25, -0.2) is 0 Å². The first-order chi connectivity index (χ1) is 9.61. The summed E-state index contributed by atoms with van der Waals surface area (Å²) < 4.78 is 0. The summed E-state index contributed by atoms with van der Waals surface area (Å²) >= 11 is 0. The minimum Gasteiger partial charge on any atom is -0.344 e. The zero-order valence-electron chi connectivity index (χ0n) is 11.4. The molecule has 2 rings (SSSR count). The van der Waals surface area contributed by atoms with Crippen molar-refractivity contribution < 1.29 is 9.59 Å². The topological polar surface area (TPSA) is 73.2 Å². The molecule has 20 heavy (non-hydrogen) atoms. The van der Waals surface area contributed by atoms with Crippen LogP contribution < -0.4 is 5.32 Å². The predicted molar refractivity (Wildman–Crippen MR) is 73.9 cm³/mol. The molecule has 1 aliphatic rings. The first-order valence-corrected chi connectivity index (χ1v) is 6.68. The number of nitrogens with zero attached hydrogens (tertiary/aromatic N) is 2. The Balaban J connectivity index is 2.06. The van der Waals surface area contributed by atoms with Crippen molar-refractivity contribution in [3.63, 3.8) is 0 Å². The van der Waals surface area contributed by atoms with Gasteiger partial charge in [-0.05, 0) is 43.5 Å². The molecule has 1 aromatic rings. The minimum absolute atomic E-state index is 0.0375. The molecule has 1 atom stereocenters. The van der Waals surface area contributed by atoms with Gasteiger partial charge >= 0.3 is 0 Å². The van der Waals surface area contributed by atoms with Crippen molar-refractivity contribution in [2.24, 2.45) is 0 Å². The Labute approximate surface area is 118 Å². The molecule has 1 aromatic carbocycles. The van der Waals surface area contributed by atoms with Gasteiger partial charge in [0.15, 0.2) is 0 Å². The molecule has 0 bridgehead atoms. The second-order valence-electron chi connectivity index (χ2n) is 4.97. The summed E-state index contributed by atoms with van der Waals surface area (Å²) in [5.41, 5.74) is 0.968. The number of carbonyl (C=O) groups excluding carboxylic acids is 2. The zero-order valence-corrected chi connectivity index (χ0v) is 11.4. The Hall–Kier alpha value is -2.35. The second-order valence-corrected chi connectivity index (χ2v) is 4.97. The van der Waals surface area contributed by atoms with Crippen molar-refractivity contribution in [1.29, 1.82) is 5.26 Å². The molecule has 0 aliphatic carbocycles. The smallest absolute Gasteiger partial charge is 0.251 e. The molecular formula is C15H17N3O2. The number of likely N-dealkylation sites (tertiary alicyclic amines) is 1. The fourth-order valence-electron chi connectivity index (χ4n) is 2.27. The number of rotatable bonds is 2. The minimum atomic E-state index is -0.453. The number of hydrogen-bond acceptors (Lipinski definition) is 3. The van der Waals surface area contributed by atoms with Crippen molar-refractivity contribution in [2.75, 3.05) is 13.6 Å². The molecule has 5 nitrogen and oxygen atoms in total. The second kappa shape index (κ2) is 6.20. The van der Waals surface area contributed by atoms with Gasteiger partial charge in [0.05, 0.1) is 11.6 Å². The molecule has 0 aromatic heterocycles. The number of likely N-dealkylation sites (N-methyl/N-ethyl adjacent to an activating group) is 1. The van der Waals surface area contributed by atoms with Crippen molar-refractivity contribution in [2.45, 2.75) is 25.3 Å². The van der Waals surface area contributed by atoms with E-state index < -0.39 is 6.04 Å². The van der Waals surface area contributed by atoms with E-state index in [9.17, 15) is 9.59 Å². The maximum absolute atomic E-state index is 12.1. The SMILES string of the molecule is CN1CCCCC(NC(=O)c2ccc(C#N)cc2)C1=O. The molecule has 0 spiro atoms. The van der Waals surface area contributed by atoms with Crippen molar-refractivity contribution in [1.82, 2.24) is 10.2 Å². The van der Waals surface area contributed by atoms with Gasteiger partial charge in [-0.3, -0.25) is 9.59 Å².